The predicted octanol–water partition coefficient (Wildman–Crippen LogP) is 2.41. The standard InChI is InChI=1S/C26H28N4O5/c1-17-22(29-10-4-3-5-20(29)27-17)24(31)21-23(18-6-8-19(34-2)9-7-18)30(26(33)25(21)32)12-11-28-13-15-35-16-14-28/h3-10,23,31H,11-16H2,1-2H3/t23-/m1/s1. The first-order chi connectivity index (χ1) is 17.0. The average molecular weight is 477 g/mol. The molecule has 1 N–H and O–H groups in total. The normalized spacial score (nSPS) is 20.6. The maximum Gasteiger partial charge on any atom is 0.295 e. The molecule has 0 saturated carbocycles. The summed E-state index contributed by atoms with van der Waals surface area (Å²) in [5.41, 5.74) is 2.41. The number of hydrogen-bond acceptors (Lipinski definition) is 7. The highest BCUT2D eigenvalue weighted by Gasteiger charge is 2.46. The van der Waals surface area contributed by atoms with Crippen molar-refractivity contribution in [3.63, 3.8) is 0 Å². The molecule has 1 atom stereocenters. The number of ketones is 1. The first-order valence-corrected chi connectivity index (χ1v) is 11.7. The second-order valence-electron chi connectivity index (χ2n) is 8.69. The van der Waals surface area contributed by atoms with Crippen LogP contribution in [0.15, 0.2) is 54.2 Å². The Hall–Kier alpha value is -3.69. The first kappa shape index (κ1) is 23.1. The van der Waals surface area contributed by atoms with Crippen molar-refractivity contribution in [2.24, 2.45) is 0 Å². The summed E-state index contributed by atoms with van der Waals surface area (Å²) in [6, 6.07) is 12.0. The number of aliphatic hydroxyl groups excluding tert-OH is 1. The molecule has 35 heavy (non-hydrogen) atoms. The number of aryl methyl sites for hydroxylation is 1. The van der Waals surface area contributed by atoms with Crippen LogP contribution in [0.25, 0.3) is 11.4 Å². The van der Waals surface area contributed by atoms with E-state index < -0.39 is 17.7 Å². The largest absolute Gasteiger partial charge is 0.505 e. The summed E-state index contributed by atoms with van der Waals surface area (Å²) in [7, 11) is 1.58. The van der Waals surface area contributed by atoms with Gasteiger partial charge in [-0.2, -0.15) is 0 Å². The van der Waals surface area contributed by atoms with Gasteiger partial charge in [-0.25, -0.2) is 4.98 Å². The topological polar surface area (TPSA) is 96.6 Å². The highest BCUT2D eigenvalue weighted by atomic mass is 16.5. The van der Waals surface area contributed by atoms with Crippen molar-refractivity contribution in [1.29, 1.82) is 0 Å². The van der Waals surface area contributed by atoms with Gasteiger partial charge in [0.1, 0.15) is 17.1 Å². The number of ether oxygens (including phenoxy) is 2. The minimum atomic E-state index is -0.726. The maximum absolute atomic E-state index is 13.4. The average Bonchev–Trinajstić information content (AvgIpc) is 3.35. The van der Waals surface area contributed by atoms with Crippen LogP contribution in [0.5, 0.6) is 5.75 Å². The van der Waals surface area contributed by atoms with Crippen LogP contribution in [-0.2, 0) is 14.3 Å². The van der Waals surface area contributed by atoms with E-state index in [2.05, 4.69) is 9.88 Å². The highest BCUT2D eigenvalue weighted by molar-refractivity contribution is 6.46. The summed E-state index contributed by atoms with van der Waals surface area (Å²) >= 11 is 0. The van der Waals surface area contributed by atoms with Gasteiger partial charge in [0.05, 0.1) is 37.6 Å². The zero-order valence-corrected chi connectivity index (χ0v) is 19.8. The third-order valence-corrected chi connectivity index (χ3v) is 6.66. The number of methoxy groups -OCH3 is 1. The summed E-state index contributed by atoms with van der Waals surface area (Å²) in [5, 5.41) is 11.5. The van der Waals surface area contributed by atoms with Crippen molar-refractivity contribution < 1.29 is 24.2 Å². The van der Waals surface area contributed by atoms with Crippen molar-refractivity contribution in [3.05, 3.63) is 71.2 Å². The Kier molecular flexibility index (Phi) is 6.27. The Morgan fingerprint density at radius 1 is 1.11 bits per heavy atom. The number of likely N-dealkylation sites (tertiary alicyclic amines) is 1. The van der Waals surface area contributed by atoms with E-state index in [4.69, 9.17) is 9.47 Å². The van der Waals surface area contributed by atoms with Gasteiger partial charge in [0.15, 0.2) is 5.76 Å². The number of pyridine rings is 1. The van der Waals surface area contributed by atoms with E-state index in [1.807, 2.05) is 30.3 Å². The Morgan fingerprint density at radius 3 is 2.57 bits per heavy atom. The van der Waals surface area contributed by atoms with Gasteiger partial charge in [0.2, 0.25) is 0 Å². The second kappa shape index (κ2) is 9.52. The van der Waals surface area contributed by atoms with Crippen LogP contribution in [0.4, 0.5) is 0 Å². The molecule has 0 spiro atoms. The summed E-state index contributed by atoms with van der Waals surface area (Å²) in [4.78, 5) is 34.9. The number of aromatic nitrogens is 2. The summed E-state index contributed by atoms with van der Waals surface area (Å²) < 4.78 is 12.4. The number of amides is 1. The Labute approximate surface area is 203 Å². The van der Waals surface area contributed by atoms with Gasteiger partial charge in [-0.15, -0.1) is 0 Å². The van der Waals surface area contributed by atoms with Gasteiger partial charge in [-0.05, 0) is 36.8 Å². The Balaban J connectivity index is 1.60. The van der Waals surface area contributed by atoms with E-state index in [0.29, 0.717) is 49.1 Å². The van der Waals surface area contributed by atoms with Crippen LogP contribution in [0.3, 0.4) is 0 Å². The number of fused-ring (bicyclic) bond motifs is 1. The highest BCUT2D eigenvalue weighted by Crippen LogP contribution is 2.40. The molecule has 3 aromatic rings. The molecular formula is C26H28N4O5. The number of benzene rings is 1. The molecule has 2 fully saturated rings. The van der Waals surface area contributed by atoms with Crippen LogP contribution in [0, 0.1) is 6.92 Å². The molecule has 2 saturated heterocycles. The second-order valence-corrected chi connectivity index (χ2v) is 8.69. The van der Waals surface area contributed by atoms with Crippen molar-refractivity contribution in [3.8, 4) is 5.75 Å². The number of rotatable bonds is 6. The zero-order chi connectivity index (χ0) is 24.5. The van der Waals surface area contributed by atoms with Gasteiger partial charge in [-0.1, -0.05) is 18.2 Å². The molecule has 2 aliphatic heterocycles. The van der Waals surface area contributed by atoms with E-state index in [9.17, 15) is 14.7 Å². The van der Waals surface area contributed by atoms with Crippen molar-refractivity contribution in [2.75, 3.05) is 46.5 Å². The molecule has 9 heteroatoms. The lowest BCUT2D eigenvalue weighted by molar-refractivity contribution is -0.140. The van der Waals surface area contributed by atoms with E-state index in [1.165, 1.54) is 0 Å². The van der Waals surface area contributed by atoms with Crippen LogP contribution in [0.2, 0.25) is 0 Å². The minimum Gasteiger partial charge on any atom is -0.505 e. The quantitative estimate of drug-likeness (QED) is 0.332. The number of Topliss-reactive ketones (excluding diaryl/α,β-unsaturated/α-hetero) is 1. The third kappa shape index (κ3) is 4.17. The molecule has 2 aliphatic rings. The minimum absolute atomic E-state index is 0.0656. The van der Waals surface area contributed by atoms with Gasteiger partial charge in [-0.3, -0.25) is 18.9 Å². The third-order valence-electron chi connectivity index (χ3n) is 6.66. The molecule has 0 bridgehead atoms. The molecule has 9 nitrogen and oxygen atoms in total. The number of morpholine rings is 1. The summed E-state index contributed by atoms with van der Waals surface area (Å²) in [6.45, 7) is 5.58. The zero-order valence-electron chi connectivity index (χ0n) is 19.8. The molecule has 1 aromatic carbocycles. The number of hydrogen-bond donors (Lipinski definition) is 1. The lowest BCUT2D eigenvalue weighted by atomic mass is 9.96. The Bertz CT molecular complexity index is 1290. The molecule has 1 amide bonds. The monoisotopic (exact) mass is 476 g/mol. The molecule has 5 rings (SSSR count). The summed E-state index contributed by atoms with van der Waals surface area (Å²) in [5.74, 6) is -0.881. The van der Waals surface area contributed by atoms with Gasteiger partial charge >= 0.3 is 0 Å². The summed E-state index contributed by atoms with van der Waals surface area (Å²) in [6.07, 6.45) is 1.78. The first-order valence-electron chi connectivity index (χ1n) is 11.7. The number of carbonyl (C=O) groups excluding carboxylic acids is 2. The molecule has 0 radical (unpaired) electrons. The fraction of sp³-hybridized carbons (Fsp3) is 0.346. The van der Waals surface area contributed by atoms with E-state index in [-0.39, 0.29) is 11.3 Å². The van der Waals surface area contributed by atoms with E-state index >= 15 is 0 Å². The number of imidazole rings is 1. The fourth-order valence-electron chi connectivity index (χ4n) is 4.84. The molecule has 2 aromatic heterocycles. The molecule has 182 valence electrons. The lowest BCUT2D eigenvalue weighted by Gasteiger charge is -2.31. The van der Waals surface area contributed by atoms with Gasteiger partial charge < -0.3 is 19.5 Å². The van der Waals surface area contributed by atoms with Gasteiger partial charge in [0, 0.05) is 32.4 Å². The number of nitrogens with zero attached hydrogens (tertiary/aromatic N) is 4. The Morgan fingerprint density at radius 2 is 1.86 bits per heavy atom. The molecule has 0 unspecified atom stereocenters. The number of carbonyl (C=O) groups is 2. The van der Waals surface area contributed by atoms with Crippen molar-refractivity contribution >= 4 is 23.1 Å². The number of aliphatic hydroxyl groups is 1. The molecular weight excluding hydrogens is 448 g/mol. The molecule has 0 aliphatic carbocycles. The lowest BCUT2D eigenvalue weighted by Crippen LogP contribution is -2.42. The van der Waals surface area contributed by atoms with Crippen molar-refractivity contribution in [2.45, 2.75) is 13.0 Å². The van der Waals surface area contributed by atoms with E-state index in [1.54, 1.807) is 41.7 Å². The van der Waals surface area contributed by atoms with Crippen LogP contribution < -0.4 is 4.74 Å². The SMILES string of the molecule is COc1ccc([C@@H]2C(=C(O)c3c(C)nc4ccccn34)C(=O)C(=O)N2CCN2CCOCC2)cc1. The van der Waals surface area contributed by atoms with Crippen molar-refractivity contribution in [1.82, 2.24) is 19.2 Å². The van der Waals surface area contributed by atoms with E-state index in [0.717, 1.165) is 18.7 Å². The maximum atomic E-state index is 13.4. The van der Waals surface area contributed by atoms with Gasteiger partial charge in [0.25, 0.3) is 11.7 Å². The molecule has 4 heterocycles. The fourth-order valence-corrected chi connectivity index (χ4v) is 4.84. The van der Waals surface area contributed by atoms with Crippen LogP contribution in [-0.4, -0.2) is 82.5 Å². The van der Waals surface area contributed by atoms with Crippen LogP contribution >= 0.6 is 0 Å². The predicted molar refractivity (Wildman–Crippen MR) is 129 cm³/mol. The smallest absolute Gasteiger partial charge is 0.295 e. The van der Waals surface area contributed by atoms with Crippen LogP contribution in [0.1, 0.15) is 23.0 Å².